The lowest BCUT2D eigenvalue weighted by atomic mass is 9.73. The zero-order chi connectivity index (χ0) is 22.8. The number of amides is 2. The number of benzene rings is 1. The van der Waals surface area contributed by atoms with Gasteiger partial charge < -0.3 is 14.9 Å². The number of aliphatic hydroxyl groups is 1. The molecular formula is C26H28N4O3. The molecule has 1 N–H and O–H groups in total. The number of hydrogen-bond acceptors (Lipinski definition) is 5. The third-order valence-corrected chi connectivity index (χ3v) is 7.22. The zero-order valence-corrected chi connectivity index (χ0v) is 18.6. The molecule has 2 amide bonds. The van der Waals surface area contributed by atoms with Crippen LogP contribution in [-0.4, -0.2) is 68.5 Å². The average molecular weight is 445 g/mol. The van der Waals surface area contributed by atoms with Gasteiger partial charge in [-0.2, -0.15) is 0 Å². The third kappa shape index (κ3) is 4.23. The molecule has 5 rings (SSSR count). The highest BCUT2D eigenvalue weighted by Gasteiger charge is 2.54. The predicted octanol–water partition coefficient (Wildman–Crippen LogP) is 2.22. The van der Waals surface area contributed by atoms with Crippen LogP contribution < -0.4 is 0 Å². The van der Waals surface area contributed by atoms with Crippen LogP contribution in [0.25, 0.3) is 0 Å². The van der Waals surface area contributed by atoms with E-state index in [0.29, 0.717) is 6.54 Å². The summed E-state index contributed by atoms with van der Waals surface area (Å²) in [6, 6.07) is 7.68. The maximum Gasteiger partial charge on any atom is 0.274 e. The van der Waals surface area contributed by atoms with Crippen molar-refractivity contribution < 1.29 is 14.7 Å². The Hall–Kier alpha value is -3.24. The van der Waals surface area contributed by atoms with Crippen molar-refractivity contribution in [3.63, 3.8) is 0 Å². The second-order valence-electron chi connectivity index (χ2n) is 9.20. The first kappa shape index (κ1) is 21.6. The molecule has 2 saturated heterocycles. The molecule has 170 valence electrons. The van der Waals surface area contributed by atoms with E-state index in [4.69, 9.17) is 0 Å². The lowest BCUT2D eigenvalue weighted by Gasteiger charge is -2.58. The summed E-state index contributed by atoms with van der Waals surface area (Å²) in [6.45, 7) is 0.296. The second-order valence-corrected chi connectivity index (χ2v) is 9.20. The molecule has 2 aromatic rings. The van der Waals surface area contributed by atoms with Crippen LogP contribution in [0, 0.1) is 17.8 Å². The zero-order valence-electron chi connectivity index (χ0n) is 18.6. The summed E-state index contributed by atoms with van der Waals surface area (Å²) in [5.74, 6) is 6.88. The summed E-state index contributed by atoms with van der Waals surface area (Å²) in [6.07, 6.45) is 10.6. The summed E-state index contributed by atoms with van der Waals surface area (Å²) in [5.41, 5.74) is 2.26. The fraction of sp³-hybridized carbons (Fsp3) is 0.462. The van der Waals surface area contributed by atoms with Gasteiger partial charge in [-0.1, -0.05) is 36.8 Å². The minimum atomic E-state index is -0.296. The summed E-state index contributed by atoms with van der Waals surface area (Å²) in [5, 5.41) is 9.99. The minimum Gasteiger partial charge on any atom is -0.394 e. The van der Waals surface area contributed by atoms with Crippen LogP contribution in [0.3, 0.4) is 0 Å². The molecule has 7 heteroatoms. The van der Waals surface area contributed by atoms with Crippen LogP contribution in [0.15, 0.2) is 42.9 Å². The molecule has 1 aromatic carbocycles. The summed E-state index contributed by atoms with van der Waals surface area (Å²) >= 11 is 0. The van der Waals surface area contributed by atoms with Crippen molar-refractivity contribution in [1.82, 2.24) is 19.8 Å². The van der Waals surface area contributed by atoms with Gasteiger partial charge in [0, 0.05) is 36.8 Å². The highest BCUT2D eigenvalue weighted by molar-refractivity contribution is 5.96. The van der Waals surface area contributed by atoms with E-state index in [1.165, 1.54) is 49.2 Å². The second kappa shape index (κ2) is 9.32. The monoisotopic (exact) mass is 444 g/mol. The normalized spacial score (nSPS) is 24.6. The summed E-state index contributed by atoms with van der Waals surface area (Å²) in [7, 11) is 0. The molecule has 0 unspecified atom stereocenters. The smallest absolute Gasteiger partial charge is 0.274 e. The number of hydrogen-bond donors (Lipinski definition) is 1. The Labute approximate surface area is 193 Å². The van der Waals surface area contributed by atoms with Crippen LogP contribution in [-0.2, 0) is 4.79 Å². The molecule has 1 aliphatic carbocycles. The van der Waals surface area contributed by atoms with E-state index in [9.17, 15) is 14.7 Å². The SMILES string of the molecule is O=C(c1cnccn1)N1CC(=O)N2[C@@H](CO)[C@@H](c3ccc(C#CCC4CCCC4)cc3)[C@@H]2C1. The van der Waals surface area contributed by atoms with Gasteiger partial charge in [-0.15, -0.1) is 0 Å². The van der Waals surface area contributed by atoms with Gasteiger partial charge in [-0.3, -0.25) is 14.6 Å². The van der Waals surface area contributed by atoms with E-state index < -0.39 is 0 Å². The van der Waals surface area contributed by atoms with Crippen LogP contribution >= 0.6 is 0 Å². The Kier molecular flexibility index (Phi) is 6.10. The number of carbonyl (C=O) groups is 2. The molecule has 3 atom stereocenters. The fourth-order valence-corrected chi connectivity index (χ4v) is 5.53. The highest BCUT2D eigenvalue weighted by Crippen LogP contribution is 2.43. The lowest BCUT2D eigenvalue weighted by molar-refractivity contribution is -0.159. The maximum absolute atomic E-state index is 12.8. The van der Waals surface area contributed by atoms with Crippen molar-refractivity contribution in [2.45, 2.75) is 50.1 Å². The van der Waals surface area contributed by atoms with Crippen molar-refractivity contribution in [3.05, 3.63) is 59.7 Å². The van der Waals surface area contributed by atoms with Gasteiger partial charge in [0.25, 0.3) is 5.91 Å². The Morgan fingerprint density at radius 3 is 2.64 bits per heavy atom. The van der Waals surface area contributed by atoms with E-state index >= 15 is 0 Å². The minimum absolute atomic E-state index is 0.00928. The van der Waals surface area contributed by atoms with Gasteiger partial charge in [0.15, 0.2) is 0 Å². The summed E-state index contributed by atoms with van der Waals surface area (Å²) in [4.78, 5) is 37.0. The first-order valence-electron chi connectivity index (χ1n) is 11.7. The van der Waals surface area contributed by atoms with Crippen LogP contribution in [0.5, 0.6) is 0 Å². The van der Waals surface area contributed by atoms with Gasteiger partial charge in [-0.05, 0) is 36.5 Å². The molecule has 0 spiro atoms. The first-order valence-corrected chi connectivity index (χ1v) is 11.7. The molecule has 3 aliphatic rings. The lowest BCUT2D eigenvalue weighted by Crippen LogP contribution is -2.73. The predicted molar refractivity (Wildman–Crippen MR) is 122 cm³/mol. The number of rotatable bonds is 4. The van der Waals surface area contributed by atoms with Crippen LogP contribution in [0.4, 0.5) is 0 Å². The van der Waals surface area contributed by atoms with Crippen LogP contribution in [0.2, 0.25) is 0 Å². The first-order chi connectivity index (χ1) is 16.2. The number of aromatic nitrogens is 2. The van der Waals surface area contributed by atoms with Gasteiger partial charge in [0.05, 0.1) is 24.9 Å². The third-order valence-electron chi connectivity index (χ3n) is 7.22. The average Bonchev–Trinajstić information content (AvgIpc) is 3.35. The largest absolute Gasteiger partial charge is 0.394 e. The van der Waals surface area contributed by atoms with E-state index in [1.54, 1.807) is 4.90 Å². The van der Waals surface area contributed by atoms with Crippen molar-refractivity contribution in [3.8, 4) is 11.8 Å². The van der Waals surface area contributed by atoms with Gasteiger partial charge in [-0.25, -0.2) is 4.98 Å². The van der Waals surface area contributed by atoms with Crippen molar-refractivity contribution in [1.29, 1.82) is 0 Å². The molecule has 7 nitrogen and oxygen atoms in total. The van der Waals surface area contributed by atoms with Gasteiger partial charge in [0.1, 0.15) is 12.2 Å². The molecule has 3 heterocycles. The molecule has 1 saturated carbocycles. The topological polar surface area (TPSA) is 86.6 Å². The van der Waals surface area contributed by atoms with Gasteiger partial charge in [0.2, 0.25) is 5.91 Å². The van der Waals surface area contributed by atoms with Crippen molar-refractivity contribution >= 4 is 11.8 Å². The summed E-state index contributed by atoms with van der Waals surface area (Å²) < 4.78 is 0. The van der Waals surface area contributed by atoms with E-state index in [0.717, 1.165) is 23.5 Å². The molecular weight excluding hydrogens is 416 g/mol. The van der Waals surface area contributed by atoms with Gasteiger partial charge >= 0.3 is 0 Å². The Morgan fingerprint density at radius 2 is 1.94 bits per heavy atom. The molecule has 0 radical (unpaired) electrons. The standard InChI is InChI=1S/C26H28N4O3/c31-17-23-25(20-10-8-19(9-11-20)7-3-6-18-4-1-2-5-18)22-15-29(16-24(32)30(22)23)26(33)21-14-27-12-13-28-21/h8-14,18,22-23,25,31H,1-2,4-6,15-17H2/t22-,23-,25-/m0/s1. The van der Waals surface area contributed by atoms with E-state index in [1.807, 2.05) is 24.3 Å². The molecule has 0 bridgehead atoms. The molecule has 2 aliphatic heterocycles. The van der Waals surface area contributed by atoms with Crippen molar-refractivity contribution in [2.75, 3.05) is 19.7 Å². The molecule has 33 heavy (non-hydrogen) atoms. The highest BCUT2D eigenvalue weighted by atomic mass is 16.3. The van der Waals surface area contributed by atoms with Crippen LogP contribution in [0.1, 0.15) is 59.6 Å². The Morgan fingerprint density at radius 1 is 1.15 bits per heavy atom. The number of piperazine rings is 1. The van der Waals surface area contributed by atoms with Crippen molar-refractivity contribution in [2.24, 2.45) is 5.92 Å². The number of aliphatic hydroxyl groups excluding tert-OH is 1. The van der Waals surface area contributed by atoms with E-state index in [-0.39, 0.29) is 48.7 Å². The number of fused-ring (bicyclic) bond motifs is 1. The molecule has 1 aromatic heterocycles. The quantitative estimate of drug-likeness (QED) is 0.731. The van der Waals surface area contributed by atoms with E-state index in [2.05, 4.69) is 21.8 Å². The number of carbonyl (C=O) groups excluding carboxylic acids is 2. The molecule has 3 fully saturated rings. The maximum atomic E-state index is 12.8. The Balaban J connectivity index is 1.30. The fourth-order valence-electron chi connectivity index (χ4n) is 5.53. The number of nitrogens with zero attached hydrogens (tertiary/aromatic N) is 4. The Bertz CT molecular complexity index is 1070.